The van der Waals surface area contributed by atoms with E-state index in [2.05, 4.69) is 21.9 Å². The molecule has 0 aliphatic carbocycles. The van der Waals surface area contributed by atoms with Crippen LogP contribution in [0, 0.1) is 5.82 Å². The van der Waals surface area contributed by atoms with Crippen LogP contribution in [0.2, 0.25) is 0 Å². The van der Waals surface area contributed by atoms with Crippen LogP contribution in [0.5, 0.6) is 5.75 Å². The number of ether oxygens (including phenoxy) is 1. The summed E-state index contributed by atoms with van der Waals surface area (Å²) >= 11 is 0. The van der Waals surface area contributed by atoms with E-state index in [0.29, 0.717) is 32.0 Å². The molecule has 2 aromatic carbocycles. The lowest BCUT2D eigenvalue weighted by atomic mass is 9.92. The molecule has 0 saturated carbocycles. The summed E-state index contributed by atoms with van der Waals surface area (Å²) in [5.74, 6) is -4.85. The van der Waals surface area contributed by atoms with Gasteiger partial charge in [0.05, 0.1) is 11.8 Å². The number of halogens is 3. The lowest BCUT2D eigenvalue weighted by Crippen LogP contribution is -2.55. The van der Waals surface area contributed by atoms with E-state index >= 15 is 0 Å². The average molecular weight is 556 g/mol. The molecule has 0 aromatic heterocycles. The van der Waals surface area contributed by atoms with Crippen LogP contribution in [0.15, 0.2) is 42.5 Å². The maximum absolute atomic E-state index is 14.0. The highest BCUT2D eigenvalue weighted by molar-refractivity contribution is 7.92. The van der Waals surface area contributed by atoms with E-state index in [1.165, 1.54) is 13.8 Å². The number of hydrogen-bond acceptors (Lipinski definition) is 5. The highest BCUT2D eigenvalue weighted by Crippen LogP contribution is 2.37. The van der Waals surface area contributed by atoms with Gasteiger partial charge in [-0.1, -0.05) is 13.3 Å². The number of hydrogen-bond donors (Lipinski definition) is 2. The maximum atomic E-state index is 14.0. The molecular weight excluding hydrogens is 519 g/mol. The highest BCUT2D eigenvalue weighted by atomic mass is 32.2. The minimum atomic E-state index is -3.36. The predicted molar refractivity (Wildman–Crippen MR) is 143 cm³/mol. The van der Waals surface area contributed by atoms with Crippen molar-refractivity contribution in [3.8, 4) is 5.75 Å². The van der Waals surface area contributed by atoms with Crippen molar-refractivity contribution in [1.82, 2.24) is 5.32 Å². The zero-order chi connectivity index (χ0) is 28.3. The van der Waals surface area contributed by atoms with Gasteiger partial charge >= 0.3 is 0 Å². The number of benzene rings is 2. The Morgan fingerprint density at radius 3 is 2.37 bits per heavy atom. The fourth-order valence-electron chi connectivity index (χ4n) is 4.68. The van der Waals surface area contributed by atoms with Crippen LogP contribution in [-0.4, -0.2) is 44.8 Å². The molecular formula is C27H36F3N3O4S. The fourth-order valence-corrected chi connectivity index (χ4v) is 5.24. The highest BCUT2D eigenvalue weighted by Gasteiger charge is 2.37. The van der Waals surface area contributed by atoms with Crippen LogP contribution < -0.4 is 19.7 Å². The number of nitrogens with one attached hydrogen (secondary N) is 2. The molecule has 1 heterocycles. The maximum Gasteiger partial charge on any atom is 0.274 e. The number of anilines is 2. The van der Waals surface area contributed by atoms with Crippen molar-refractivity contribution in [2.75, 3.05) is 22.4 Å². The molecule has 1 saturated heterocycles. The molecule has 2 unspecified atom stereocenters. The Labute approximate surface area is 222 Å². The van der Waals surface area contributed by atoms with Crippen molar-refractivity contribution in [1.29, 1.82) is 0 Å². The standard InChI is InChI=1S/C27H36F3N3O4S/c1-6-7-22-17-20(14-15-33(22)21-11-9-19(10-12-21)32-38(5,35)36)31-25(34)26(2,3)37-24-13-8-18(28)16-23(24)27(4,29)30/h8-13,16,20,22,32H,6-7,14-15,17H2,1-5H3,(H,31,34). The van der Waals surface area contributed by atoms with Crippen molar-refractivity contribution >= 4 is 27.3 Å². The first-order valence-electron chi connectivity index (χ1n) is 12.6. The normalized spacial score (nSPS) is 18.7. The van der Waals surface area contributed by atoms with E-state index in [0.717, 1.165) is 43.0 Å². The van der Waals surface area contributed by atoms with E-state index in [1.807, 2.05) is 12.1 Å². The first-order valence-corrected chi connectivity index (χ1v) is 14.5. The second kappa shape index (κ2) is 11.4. The Morgan fingerprint density at radius 1 is 1.13 bits per heavy atom. The monoisotopic (exact) mass is 555 g/mol. The van der Waals surface area contributed by atoms with E-state index < -0.39 is 38.8 Å². The molecule has 0 spiro atoms. The van der Waals surface area contributed by atoms with Gasteiger partial charge in [0.15, 0.2) is 5.60 Å². The number of carbonyl (C=O) groups is 1. The third-order valence-electron chi connectivity index (χ3n) is 6.50. The molecule has 11 heteroatoms. The molecule has 2 atom stereocenters. The Bertz CT molecular complexity index is 1230. The number of carbonyl (C=O) groups excluding carboxylic acids is 1. The van der Waals surface area contributed by atoms with Crippen molar-refractivity contribution < 1.29 is 31.1 Å². The van der Waals surface area contributed by atoms with Gasteiger partial charge in [0.25, 0.3) is 11.8 Å². The molecule has 1 amide bonds. The summed E-state index contributed by atoms with van der Waals surface area (Å²) in [5.41, 5.74) is -0.650. The molecule has 1 aliphatic rings. The SMILES string of the molecule is CCCC1CC(NC(=O)C(C)(C)Oc2ccc(F)cc2C(C)(F)F)CCN1c1ccc(NS(C)(=O)=O)cc1. The largest absolute Gasteiger partial charge is 0.478 e. The van der Waals surface area contributed by atoms with Crippen molar-refractivity contribution in [2.24, 2.45) is 0 Å². The minimum absolute atomic E-state index is 0.138. The van der Waals surface area contributed by atoms with Crippen molar-refractivity contribution in [3.63, 3.8) is 0 Å². The van der Waals surface area contributed by atoms with Crippen LogP contribution in [0.3, 0.4) is 0 Å². The number of amides is 1. The molecule has 0 bridgehead atoms. The van der Waals surface area contributed by atoms with Gasteiger partial charge in [-0.25, -0.2) is 21.6 Å². The van der Waals surface area contributed by atoms with Gasteiger partial charge in [-0.2, -0.15) is 0 Å². The summed E-state index contributed by atoms with van der Waals surface area (Å²) in [6.45, 7) is 6.39. The lowest BCUT2D eigenvalue weighted by molar-refractivity contribution is -0.135. The smallest absolute Gasteiger partial charge is 0.274 e. The number of nitrogens with zero attached hydrogens (tertiary/aromatic N) is 1. The predicted octanol–water partition coefficient (Wildman–Crippen LogP) is 5.42. The lowest BCUT2D eigenvalue weighted by Gasteiger charge is -2.42. The first kappa shape index (κ1) is 29.6. The Kier molecular flexibility index (Phi) is 8.90. The summed E-state index contributed by atoms with van der Waals surface area (Å²) in [4.78, 5) is 15.4. The van der Waals surface area contributed by atoms with Crippen molar-refractivity contribution in [2.45, 2.75) is 77.0 Å². The number of rotatable bonds is 10. The molecule has 7 nitrogen and oxygen atoms in total. The topological polar surface area (TPSA) is 87.7 Å². The molecule has 210 valence electrons. The van der Waals surface area contributed by atoms with Crippen LogP contribution in [-0.2, 0) is 20.7 Å². The first-order chi connectivity index (χ1) is 17.6. The molecule has 3 rings (SSSR count). The van der Waals surface area contributed by atoms with Crippen LogP contribution in [0.4, 0.5) is 24.5 Å². The molecule has 2 N–H and O–H groups in total. The average Bonchev–Trinajstić information content (AvgIpc) is 2.79. The number of piperidine rings is 1. The zero-order valence-corrected chi connectivity index (χ0v) is 23.2. The van der Waals surface area contributed by atoms with Crippen LogP contribution in [0.25, 0.3) is 0 Å². The summed E-state index contributed by atoms with van der Waals surface area (Å²) < 4.78 is 72.8. The van der Waals surface area contributed by atoms with Gasteiger partial charge in [-0.15, -0.1) is 0 Å². The minimum Gasteiger partial charge on any atom is -0.478 e. The molecule has 1 fully saturated rings. The molecule has 0 radical (unpaired) electrons. The number of alkyl halides is 2. The van der Waals surface area contributed by atoms with E-state index in [-0.39, 0.29) is 17.8 Å². The van der Waals surface area contributed by atoms with Gasteiger partial charge in [0.2, 0.25) is 10.0 Å². The molecule has 38 heavy (non-hydrogen) atoms. The summed E-state index contributed by atoms with van der Waals surface area (Å²) in [5, 5.41) is 3.02. The zero-order valence-electron chi connectivity index (χ0n) is 22.4. The Hall–Kier alpha value is -2.95. The van der Waals surface area contributed by atoms with E-state index in [1.54, 1.807) is 12.1 Å². The van der Waals surface area contributed by atoms with Gasteiger partial charge in [0, 0.05) is 36.9 Å². The second-order valence-electron chi connectivity index (χ2n) is 10.4. The third kappa shape index (κ3) is 7.78. The molecule has 2 aromatic rings. The van der Waals surface area contributed by atoms with Gasteiger partial charge in [-0.3, -0.25) is 9.52 Å². The fraction of sp³-hybridized carbons (Fsp3) is 0.519. The summed E-state index contributed by atoms with van der Waals surface area (Å²) in [6, 6.07) is 10.0. The van der Waals surface area contributed by atoms with Gasteiger partial charge < -0.3 is 15.0 Å². The Morgan fingerprint density at radius 2 is 1.79 bits per heavy atom. The van der Waals surface area contributed by atoms with Crippen LogP contribution >= 0.6 is 0 Å². The second-order valence-corrected chi connectivity index (χ2v) is 12.1. The van der Waals surface area contributed by atoms with Crippen molar-refractivity contribution in [3.05, 3.63) is 53.8 Å². The summed E-state index contributed by atoms with van der Waals surface area (Å²) in [7, 11) is -3.36. The Balaban J connectivity index is 1.69. The summed E-state index contributed by atoms with van der Waals surface area (Å²) in [6.07, 6.45) is 4.25. The third-order valence-corrected chi connectivity index (χ3v) is 7.11. The van der Waals surface area contributed by atoms with E-state index in [9.17, 15) is 26.4 Å². The number of sulfonamides is 1. The van der Waals surface area contributed by atoms with Crippen LogP contribution in [0.1, 0.15) is 58.9 Å². The van der Waals surface area contributed by atoms with Gasteiger partial charge in [0.1, 0.15) is 11.6 Å². The molecule has 1 aliphatic heterocycles. The van der Waals surface area contributed by atoms with E-state index in [4.69, 9.17) is 4.74 Å². The quantitative estimate of drug-likeness (QED) is 0.409. The van der Waals surface area contributed by atoms with Gasteiger partial charge in [-0.05, 0) is 75.6 Å².